The first-order chi connectivity index (χ1) is 47.4. The molecule has 510 valence electrons. The van der Waals surface area contributed by atoms with Crippen LogP contribution in [0.15, 0.2) is 106 Å². The standard InChI is InChI=1S/C82H94N2O4S9/c1-7-13-17-21-25-29-37-53-47-57(51-63-69(59-41-33-35-43-61(59)71(63)85)77-79(87)83(11-5)81(89)96-77)91-75(53)67-49-55(39-31-27-23-19-15-9-3)73(94-67)65-45-46-66(93-65)74-56(40-32-28-24-20-16-10-4)50-68(95-74)76-54(38-30-26-22-18-14-8-2)48-58(92-76)52-64-70(60-42-34-36-44-62(60)72(64)86)78-80(88)84(12-6)82(90)97-78/h33-36,41-52H,7-32,37-40H2,1-6H3/b63-51-,64-52-,77-69-,78-70+. The lowest BCUT2D eigenvalue weighted by Crippen LogP contribution is -2.27. The maximum absolute atomic E-state index is 14.6. The van der Waals surface area contributed by atoms with E-state index in [0.29, 0.717) is 65.0 Å². The Morgan fingerprint density at radius 3 is 0.990 bits per heavy atom. The van der Waals surface area contributed by atoms with Crippen LogP contribution in [0, 0.1) is 0 Å². The minimum Gasteiger partial charge on any atom is -0.293 e. The predicted octanol–water partition coefficient (Wildman–Crippen LogP) is 26.0. The SMILES string of the molecule is CCCCCCCCc1cc(/C=C2\C(=O)c3ccccc3\C2=C2\SC(=S)N(CC)C2=O)sc1-c1cc(CCCCCCCC)c(-c2ccc(-c3sc(-c4sc(/C=C5\C(=O)c6ccccc6\C5=C5/SC(=S)N(CC)C5=O)cc4CCCCCCCC)cc3CCCCCCCC)s2)s1. The molecule has 2 fully saturated rings. The van der Waals surface area contributed by atoms with Crippen LogP contribution >= 0.6 is 105 Å². The molecule has 0 unspecified atom stereocenters. The number of thiophene rings is 5. The van der Waals surface area contributed by atoms with Gasteiger partial charge < -0.3 is 0 Å². The van der Waals surface area contributed by atoms with Gasteiger partial charge in [-0.1, -0.05) is 253 Å². The Bertz CT molecular complexity index is 3890. The normalized spacial score (nSPS) is 17.2. The molecule has 6 nitrogen and oxygen atoms in total. The predicted molar refractivity (Wildman–Crippen MR) is 432 cm³/mol. The van der Waals surface area contributed by atoms with E-state index in [9.17, 15) is 19.2 Å². The first-order valence-corrected chi connectivity index (χ1v) is 42.8. The summed E-state index contributed by atoms with van der Waals surface area (Å²) in [6, 6.07) is 30.1. The fourth-order valence-electron chi connectivity index (χ4n) is 14.0. The quantitative estimate of drug-likeness (QED) is 0.0218. The maximum atomic E-state index is 14.6. The summed E-state index contributed by atoms with van der Waals surface area (Å²) in [5.41, 5.74) is 10.9. The van der Waals surface area contributed by atoms with Gasteiger partial charge in [0.05, 0.1) is 9.81 Å². The summed E-state index contributed by atoms with van der Waals surface area (Å²) < 4.78 is 1.07. The number of benzene rings is 2. The van der Waals surface area contributed by atoms with Crippen LogP contribution in [-0.4, -0.2) is 54.9 Å². The molecule has 11 rings (SSSR count). The number of likely N-dealkylation sites (N-methyl/N-ethyl adjacent to an activating group) is 2. The number of carbonyl (C=O) groups is 4. The van der Waals surface area contributed by atoms with Crippen molar-refractivity contribution >= 4 is 160 Å². The molecule has 5 aromatic heterocycles. The molecule has 7 heterocycles. The number of thioether (sulfide) groups is 2. The lowest BCUT2D eigenvalue weighted by molar-refractivity contribution is -0.122. The summed E-state index contributed by atoms with van der Waals surface area (Å²) in [7, 11) is 0. The molecule has 15 heteroatoms. The van der Waals surface area contributed by atoms with Crippen molar-refractivity contribution in [3.05, 3.63) is 160 Å². The number of unbranched alkanes of at least 4 members (excludes halogenated alkanes) is 20. The van der Waals surface area contributed by atoms with Crippen LogP contribution in [0.4, 0.5) is 0 Å². The number of hydrogen-bond donors (Lipinski definition) is 0. The Balaban J connectivity index is 0.986. The van der Waals surface area contributed by atoms with Gasteiger partial charge in [0, 0.05) is 95.3 Å². The van der Waals surface area contributed by atoms with E-state index >= 15 is 0 Å². The number of aryl methyl sites for hydroxylation is 4. The molecular weight excluding hydrogens is 1370 g/mol. The molecule has 7 aromatic rings. The summed E-state index contributed by atoms with van der Waals surface area (Å²) in [6.07, 6.45) is 37.5. The monoisotopic (exact) mass is 1460 g/mol. The minimum absolute atomic E-state index is 0.0455. The van der Waals surface area contributed by atoms with Gasteiger partial charge in [0.2, 0.25) is 0 Å². The smallest absolute Gasteiger partial charge is 0.266 e. The molecule has 0 saturated carbocycles. The van der Waals surface area contributed by atoms with E-state index in [-0.39, 0.29) is 23.4 Å². The molecule has 0 spiro atoms. The van der Waals surface area contributed by atoms with Crippen LogP contribution in [0.3, 0.4) is 0 Å². The fraction of sp³-hybridized carbons (Fsp3) is 0.439. The number of rotatable bonds is 36. The zero-order valence-electron chi connectivity index (χ0n) is 57.7. The van der Waals surface area contributed by atoms with Crippen LogP contribution in [-0.2, 0) is 35.3 Å². The van der Waals surface area contributed by atoms with E-state index < -0.39 is 0 Å². The highest BCUT2D eigenvalue weighted by atomic mass is 32.2. The number of hydrogen-bond acceptors (Lipinski definition) is 13. The molecule has 2 aromatic carbocycles. The summed E-state index contributed by atoms with van der Waals surface area (Å²) in [5.74, 6) is -0.344. The van der Waals surface area contributed by atoms with Gasteiger partial charge in [0.1, 0.15) is 8.64 Å². The van der Waals surface area contributed by atoms with E-state index in [0.717, 1.165) is 72.2 Å². The van der Waals surface area contributed by atoms with Crippen molar-refractivity contribution in [2.24, 2.45) is 0 Å². The van der Waals surface area contributed by atoms with Crippen molar-refractivity contribution in [2.75, 3.05) is 13.1 Å². The molecule has 0 bridgehead atoms. The van der Waals surface area contributed by atoms with Gasteiger partial charge in [-0.3, -0.25) is 29.0 Å². The van der Waals surface area contributed by atoms with E-state index in [2.05, 4.69) is 76.2 Å². The van der Waals surface area contributed by atoms with Crippen molar-refractivity contribution in [3.8, 4) is 39.0 Å². The van der Waals surface area contributed by atoms with E-state index in [1.807, 2.05) is 96.4 Å². The number of fused-ring (bicyclic) bond motifs is 2. The van der Waals surface area contributed by atoms with Gasteiger partial charge in [-0.25, -0.2) is 0 Å². The maximum Gasteiger partial charge on any atom is 0.266 e. The molecule has 0 radical (unpaired) electrons. The average molecular weight is 1460 g/mol. The van der Waals surface area contributed by atoms with E-state index in [1.165, 1.54) is 213 Å². The zero-order chi connectivity index (χ0) is 68.0. The Morgan fingerprint density at radius 2 is 0.660 bits per heavy atom. The number of carbonyl (C=O) groups excluding carboxylic acids is 4. The third-order valence-electron chi connectivity index (χ3n) is 19.2. The lowest BCUT2D eigenvalue weighted by Gasteiger charge is -2.10. The molecule has 0 N–H and O–H groups in total. The van der Waals surface area contributed by atoms with Crippen molar-refractivity contribution in [1.29, 1.82) is 0 Å². The number of thiocarbonyl (C=S) groups is 2. The molecule has 4 aliphatic rings. The van der Waals surface area contributed by atoms with Gasteiger partial charge in [-0.15, -0.1) is 56.7 Å². The number of allylic oxidation sites excluding steroid dienone is 4. The van der Waals surface area contributed by atoms with Crippen molar-refractivity contribution in [2.45, 2.75) is 221 Å². The highest BCUT2D eigenvalue weighted by Crippen LogP contribution is 2.53. The molecule has 2 saturated heterocycles. The van der Waals surface area contributed by atoms with Gasteiger partial charge in [-0.2, -0.15) is 0 Å². The minimum atomic E-state index is -0.126. The summed E-state index contributed by atoms with van der Waals surface area (Å²) >= 11 is 23.6. The van der Waals surface area contributed by atoms with Gasteiger partial charge in [0.25, 0.3) is 11.8 Å². The number of nitrogens with zero attached hydrogens (tertiary/aromatic N) is 2. The van der Waals surface area contributed by atoms with Gasteiger partial charge in [-0.05, 0) is 147 Å². The van der Waals surface area contributed by atoms with Crippen LogP contribution in [0.5, 0.6) is 0 Å². The Morgan fingerprint density at radius 1 is 0.351 bits per heavy atom. The van der Waals surface area contributed by atoms with Crippen LogP contribution in [0.25, 0.3) is 62.3 Å². The topological polar surface area (TPSA) is 74.8 Å². The Labute approximate surface area is 617 Å². The molecule has 97 heavy (non-hydrogen) atoms. The van der Waals surface area contributed by atoms with E-state index in [1.54, 1.807) is 32.5 Å². The number of amides is 2. The molecule has 2 amide bonds. The zero-order valence-corrected chi connectivity index (χ0v) is 65.0. The molecular formula is C82H94N2O4S9. The second kappa shape index (κ2) is 35.6. The molecule has 2 aliphatic carbocycles. The Kier molecular flexibility index (Phi) is 26.9. The van der Waals surface area contributed by atoms with Crippen LogP contribution < -0.4 is 0 Å². The number of ketones is 2. The lowest BCUT2D eigenvalue weighted by atomic mass is 10.0. The van der Waals surface area contributed by atoms with Crippen molar-refractivity contribution < 1.29 is 19.2 Å². The average Bonchev–Trinajstić information content (AvgIpc) is 1.61. The fourth-order valence-corrected chi connectivity index (χ4v) is 23.2. The molecule has 2 aliphatic heterocycles. The number of Topliss-reactive ketones (excluding diaryl/α,β-unsaturated/α-hetero) is 2. The first kappa shape index (κ1) is 73.3. The summed E-state index contributed by atoms with van der Waals surface area (Å²) in [4.78, 5) is 74.4. The van der Waals surface area contributed by atoms with E-state index in [4.69, 9.17) is 24.4 Å². The van der Waals surface area contributed by atoms with Crippen LogP contribution in [0.2, 0.25) is 0 Å². The highest BCUT2D eigenvalue weighted by Gasteiger charge is 2.42. The summed E-state index contributed by atoms with van der Waals surface area (Å²) in [6.45, 7) is 14.0. The highest BCUT2D eigenvalue weighted by molar-refractivity contribution is 8.27. The second-order valence-corrected chi connectivity index (χ2v) is 34.9. The second-order valence-electron chi connectivity index (χ2n) is 26.3. The van der Waals surface area contributed by atoms with Gasteiger partial charge >= 0.3 is 0 Å². The third-order valence-corrected chi connectivity index (χ3v) is 28.5. The third kappa shape index (κ3) is 17.0. The van der Waals surface area contributed by atoms with Crippen molar-refractivity contribution in [1.82, 2.24) is 9.80 Å². The largest absolute Gasteiger partial charge is 0.293 e. The summed E-state index contributed by atoms with van der Waals surface area (Å²) in [5, 5.41) is 0. The Hall–Kier alpha value is -4.94. The van der Waals surface area contributed by atoms with Crippen LogP contribution in [0.1, 0.15) is 259 Å². The van der Waals surface area contributed by atoms with Crippen molar-refractivity contribution in [3.63, 3.8) is 0 Å². The molecule has 0 atom stereocenters. The first-order valence-electron chi connectivity index (χ1n) is 36.3. The van der Waals surface area contributed by atoms with Gasteiger partial charge in [0.15, 0.2) is 11.6 Å².